The summed E-state index contributed by atoms with van der Waals surface area (Å²) < 4.78 is 28.1. The molecule has 6 nitrogen and oxygen atoms in total. The molecule has 0 bridgehead atoms. The molecule has 0 saturated heterocycles. The molecular weight excluding hydrogens is 232 g/mol. The van der Waals surface area contributed by atoms with E-state index in [0.29, 0.717) is 13.1 Å². The summed E-state index contributed by atoms with van der Waals surface area (Å²) in [5.41, 5.74) is 0. The van der Waals surface area contributed by atoms with Gasteiger partial charge in [0, 0.05) is 20.1 Å². The lowest BCUT2D eigenvalue weighted by Crippen LogP contribution is -2.36. The highest BCUT2D eigenvalue weighted by Gasteiger charge is 2.15. The van der Waals surface area contributed by atoms with Gasteiger partial charge in [-0.2, -0.15) is 13.1 Å². The molecule has 0 radical (unpaired) electrons. The molecule has 0 aliphatic carbocycles. The van der Waals surface area contributed by atoms with Crippen LogP contribution >= 0.6 is 0 Å². The van der Waals surface area contributed by atoms with Gasteiger partial charge < -0.3 is 4.90 Å². The quantitative estimate of drug-likeness (QED) is 0.597. The second-order valence-electron chi connectivity index (χ2n) is 2.80. The zero-order chi connectivity index (χ0) is 12.6. The van der Waals surface area contributed by atoms with Gasteiger partial charge in [-0.3, -0.25) is 4.79 Å². The third kappa shape index (κ3) is 5.64. The number of nitrogens with one attached hydrogen (secondary N) is 1. The van der Waals surface area contributed by atoms with Crippen molar-refractivity contribution >= 4 is 16.2 Å². The molecule has 0 aliphatic rings. The summed E-state index contributed by atoms with van der Waals surface area (Å²) in [5.74, 6) is -0.446. The van der Waals surface area contributed by atoms with E-state index < -0.39 is 22.8 Å². The maximum absolute atomic E-state index is 11.5. The molecule has 0 heterocycles. The fraction of sp³-hybridized carbons (Fsp3) is 0.444. The summed E-state index contributed by atoms with van der Waals surface area (Å²) in [7, 11) is -2.63. The van der Waals surface area contributed by atoms with Crippen LogP contribution in [-0.4, -0.2) is 46.0 Å². The van der Waals surface area contributed by atoms with Gasteiger partial charge in [0.05, 0.1) is 0 Å². The van der Waals surface area contributed by atoms with Crippen LogP contribution in [0.4, 0.5) is 0 Å². The molecule has 1 amide bonds. The van der Waals surface area contributed by atoms with Crippen molar-refractivity contribution in [2.45, 2.75) is 0 Å². The summed E-state index contributed by atoms with van der Waals surface area (Å²) in [4.78, 5) is 12.9. The predicted molar refractivity (Wildman–Crippen MR) is 60.9 cm³/mol. The third-order valence-electron chi connectivity index (χ3n) is 1.64. The maximum Gasteiger partial charge on any atom is 0.336 e. The zero-order valence-corrected chi connectivity index (χ0v) is 10.00. The Balaban J connectivity index is 4.30. The molecular formula is C9H16N2O4S. The minimum atomic E-state index is -3.83. The molecule has 0 aromatic rings. The van der Waals surface area contributed by atoms with E-state index in [2.05, 4.69) is 17.3 Å². The van der Waals surface area contributed by atoms with Crippen LogP contribution in [0.15, 0.2) is 25.3 Å². The van der Waals surface area contributed by atoms with Gasteiger partial charge in [-0.25, -0.2) is 4.18 Å². The lowest BCUT2D eigenvalue weighted by Gasteiger charge is -2.18. The summed E-state index contributed by atoms with van der Waals surface area (Å²) in [5, 5.41) is 0. The van der Waals surface area contributed by atoms with Crippen molar-refractivity contribution in [3.8, 4) is 0 Å². The minimum Gasteiger partial charge on any atom is -0.333 e. The Kier molecular flexibility index (Phi) is 6.63. The first-order chi connectivity index (χ1) is 7.46. The molecule has 0 aliphatic heterocycles. The average Bonchev–Trinajstić information content (AvgIpc) is 2.26. The van der Waals surface area contributed by atoms with Gasteiger partial charge >= 0.3 is 10.3 Å². The highest BCUT2D eigenvalue weighted by Crippen LogP contribution is 1.94. The van der Waals surface area contributed by atoms with Crippen LogP contribution in [0.5, 0.6) is 0 Å². The molecule has 0 fully saturated rings. The Morgan fingerprint density at radius 3 is 2.25 bits per heavy atom. The van der Waals surface area contributed by atoms with E-state index in [4.69, 9.17) is 0 Å². The molecule has 92 valence electrons. The number of carbonyl (C=O) groups is 1. The average molecular weight is 248 g/mol. The number of rotatable bonds is 8. The summed E-state index contributed by atoms with van der Waals surface area (Å²) in [6.45, 7) is 7.07. The molecule has 0 aromatic heterocycles. The van der Waals surface area contributed by atoms with Crippen LogP contribution in [-0.2, 0) is 19.3 Å². The first-order valence-electron chi connectivity index (χ1n) is 4.54. The summed E-state index contributed by atoms with van der Waals surface area (Å²) in [6, 6.07) is 0. The molecule has 0 atom stereocenters. The molecule has 16 heavy (non-hydrogen) atoms. The van der Waals surface area contributed by atoms with Crippen molar-refractivity contribution in [1.29, 1.82) is 0 Å². The molecule has 1 N–H and O–H groups in total. The Labute approximate surface area is 95.8 Å². The van der Waals surface area contributed by atoms with Gasteiger partial charge in [0.15, 0.2) is 0 Å². The second-order valence-corrected chi connectivity index (χ2v) is 4.35. The number of nitrogens with zero attached hydrogens (tertiary/aromatic N) is 1. The Bertz CT molecular complexity index is 341. The first-order valence-corrected chi connectivity index (χ1v) is 5.95. The number of amides is 1. The number of hydrogen-bond acceptors (Lipinski definition) is 4. The first kappa shape index (κ1) is 14.8. The monoisotopic (exact) mass is 248 g/mol. The summed E-state index contributed by atoms with van der Waals surface area (Å²) in [6.07, 6.45) is 3.07. The standard InChI is InChI=1S/C9H16N2O4S/c1-4-6-11(7-5-2)9(12)8-15-16(13,14)10-3/h4-5,10H,1-2,6-8H2,3H3. The predicted octanol–water partition coefficient (Wildman–Crippen LogP) is -0.332. The SMILES string of the molecule is C=CCN(CC=C)C(=O)COS(=O)(=O)NC. The van der Waals surface area contributed by atoms with E-state index in [1.54, 1.807) is 0 Å². The highest BCUT2D eigenvalue weighted by molar-refractivity contribution is 7.84. The Morgan fingerprint density at radius 2 is 1.88 bits per heavy atom. The molecule has 0 saturated carbocycles. The van der Waals surface area contributed by atoms with Crippen LogP contribution in [0.25, 0.3) is 0 Å². The van der Waals surface area contributed by atoms with E-state index in [1.807, 2.05) is 4.72 Å². The topological polar surface area (TPSA) is 75.7 Å². The fourth-order valence-corrected chi connectivity index (χ4v) is 1.24. The Hall–Kier alpha value is -1.18. The lowest BCUT2D eigenvalue weighted by atomic mass is 10.4. The second kappa shape index (κ2) is 7.15. The van der Waals surface area contributed by atoms with Gasteiger partial charge in [0.1, 0.15) is 6.61 Å². The van der Waals surface area contributed by atoms with E-state index >= 15 is 0 Å². The maximum atomic E-state index is 11.5. The number of carbonyl (C=O) groups excluding carboxylic acids is 1. The van der Waals surface area contributed by atoms with Crippen molar-refractivity contribution in [1.82, 2.24) is 9.62 Å². The van der Waals surface area contributed by atoms with Gasteiger partial charge in [-0.1, -0.05) is 12.2 Å². The normalized spacial score (nSPS) is 10.8. The Morgan fingerprint density at radius 1 is 1.38 bits per heavy atom. The summed E-state index contributed by atoms with van der Waals surface area (Å²) >= 11 is 0. The van der Waals surface area contributed by atoms with Crippen LogP contribution < -0.4 is 4.72 Å². The van der Waals surface area contributed by atoms with Crippen LogP contribution in [0.2, 0.25) is 0 Å². The smallest absolute Gasteiger partial charge is 0.333 e. The van der Waals surface area contributed by atoms with Gasteiger partial charge in [-0.05, 0) is 0 Å². The minimum absolute atomic E-state index is 0.313. The van der Waals surface area contributed by atoms with Gasteiger partial charge in [0.25, 0.3) is 5.91 Å². The van der Waals surface area contributed by atoms with E-state index in [0.717, 1.165) is 0 Å². The fourth-order valence-electron chi connectivity index (χ4n) is 0.868. The number of hydrogen-bond donors (Lipinski definition) is 1. The lowest BCUT2D eigenvalue weighted by molar-refractivity contribution is -0.132. The van der Waals surface area contributed by atoms with E-state index in [-0.39, 0.29) is 0 Å². The van der Waals surface area contributed by atoms with Crippen LogP contribution in [0.1, 0.15) is 0 Å². The van der Waals surface area contributed by atoms with Crippen molar-refractivity contribution in [2.24, 2.45) is 0 Å². The highest BCUT2D eigenvalue weighted by atomic mass is 32.2. The largest absolute Gasteiger partial charge is 0.336 e. The zero-order valence-electron chi connectivity index (χ0n) is 9.18. The molecule has 0 spiro atoms. The molecule has 7 heteroatoms. The van der Waals surface area contributed by atoms with Crippen molar-refractivity contribution in [3.05, 3.63) is 25.3 Å². The van der Waals surface area contributed by atoms with Gasteiger partial charge in [0.2, 0.25) is 0 Å². The van der Waals surface area contributed by atoms with E-state index in [9.17, 15) is 13.2 Å². The van der Waals surface area contributed by atoms with Crippen LogP contribution in [0, 0.1) is 0 Å². The van der Waals surface area contributed by atoms with Crippen molar-refractivity contribution in [3.63, 3.8) is 0 Å². The van der Waals surface area contributed by atoms with Crippen molar-refractivity contribution < 1.29 is 17.4 Å². The molecule has 0 aromatic carbocycles. The van der Waals surface area contributed by atoms with Crippen LogP contribution in [0.3, 0.4) is 0 Å². The van der Waals surface area contributed by atoms with Gasteiger partial charge in [-0.15, -0.1) is 13.2 Å². The van der Waals surface area contributed by atoms with E-state index in [1.165, 1.54) is 24.1 Å². The molecule has 0 rings (SSSR count). The van der Waals surface area contributed by atoms with Crippen molar-refractivity contribution in [2.75, 3.05) is 26.7 Å². The third-order valence-corrected chi connectivity index (χ3v) is 2.57. The molecule has 0 unspecified atom stereocenters.